The zero-order valence-electron chi connectivity index (χ0n) is 18.3. The fraction of sp³-hybridized carbons (Fsp3) is 0.375. The fourth-order valence-electron chi connectivity index (χ4n) is 3.87. The van der Waals surface area contributed by atoms with Gasteiger partial charge in [-0.2, -0.15) is 11.8 Å². The summed E-state index contributed by atoms with van der Waals surface area (Å²) in [6.45, 7) is 0.121. The Bertz CT molecular complexity index is 953. The first-order valence-electron chi connectivity index (χ1n) is 10.7. The number of hydrogen-bond acceptors (Lipinski definition) is 6. The van der Waals surface area contributed by atoms with Gasteiger partial charge in [0.25, 0.3) is 0 Å². The van der Waals surface area contributed by atoms with Crippen LogP contribution in [0.2, 0.25) is 0 Å². The summed E-state index contributed by atoms with van der Waals surface area (Å²) in [7, 11) is 0. The molecule has 176 valence electrons. The number of aliphatic hydroxyl groups excluding tert-OH is 1. The van der Waals surface area contributed by atoms with Gasteiger partial charge >= 0.3 is 12.1 Å². The topological polar surface area (TPSA) is 125 Å². The minimum atomic E-state index is -1.55. The van der Waals surface area contributed by atoms with Crippen molar-refractivity contribution in [2.24, 2.45) is 0 Å². The first-order chi connectivity index (χ1) is 15.9. The molecule has 0 heterocycles. The summed E-state index contributed by atoms with van der Waals surface area (Å²) in [6.07, 6.45) is -0.0838. The maximum atomic E-state index is 12.5. The molecule has 0 aromatic heterocycles. The molecule has 8 nitrogen and oxygen atoms in total. The van der Waals surface area contributed by atoms with E-state index in [4.69, 9.17) is 9.84 Å². The van der Waals surface area contributed by atoms with Crippen LogP contribution in [-0.4, -0.2) is 65.5 Å². The lowest BCUT2D eigenvalue weighted by Crippen LogP contribution is -2.48. The average Bonchev–Trinajstić information content (AvgIpc) is 3.13. The number of aliphatic carboxylic acids is 1. The van der Waals surface area contributed by atoms with Gasteiger partial charge in [-0.25, -0.2) is 9.59 Å². The maximum Gasteiger partial charge on any atom is 0.407 e. The van der Waals surface area contributed by atoms with Crippen molar-refractivity contribution < 1.29 is 29.3 Å². The van der Waals surface area contributed by atoms with Gasteiger partial charge in [-0.05, 0) is 40.7 Å². The van der Waals surface area contributed by atoms with Crippen LogP contribution in [0.4, 0.5) is 4.79 Å². The zero-order valence-corrected chi connectivity index (χ0v) is 19.1. The molecule has 4 N–H and O–H groups in total. The lowest BCUT2D eigenvalue weighted by atomic mass is 9.98. The summed E-state index contributed by atoms with van der Waals surface area (Å²) < 4.78 is 5.52. The number of carbonyl (C=O) groups excluding carboxylic acids is 2. The van der Waals surface area contributed by atoms with E-state index in [1.54, 1.807) is 0 Å². The van der Waals surface area contributed by atoms with Crippen molar-refractivity contribution in [1.29, 1.82) is 0 Å². The first-order valence-corrected chi connectivity index (χ1v) is 12.1. The number of carbonyl (C=O) groups is 3. The highest BCUT2D eigenvalue weighted by molar-refractivity contribution is 7.98. The molecular formula is C24H28N2O6S. The Kier molecular flexibility index (Phi) is 8.73. The highest BCUT2D eigenvalue weighted by Crippen LogP contribution is 2.44. The summed E-state index contributed by atoms with van der Waals surface area (Å²) in [4.78, 5) is 35.7. The summed E-state index contributed by atoms with van der Waals surface area (Å²) >= 11 is 1.54. The molecule has 2 aromatic carbocycles. The van der Waals surface area contributed by atoms with E-state index in [1.165, 1.54) is 11.8 Å². The number of alkyl carbamates (subject to hydrolysis) is 1. The second kappa shape index (κ2) is 11.7. The van der Waals surface area contributed by atoms with E-state index in [9.17, 15) is 19.5 Å². The van der Waals surface area contributed by atoms with E-state index in [0.29, 0.717) is 12.2 Å². The standard InChI is InChI=1S/C24H28N2O6S/c1-33-13-11-20(22(28)25-12-10-21(27)23(29)30)26-24(31)32-14-19-17-8-4-2-6-15(17)16-7-3-5-9-18(16)19/h2-9,19-21,27H,10-14H2,1H3,(H,25,28)(H,26,31)(H,29,30)/t20-,21+/m1/s1. The van der Waals surface area contributed by atoms with Gasteiger partial charge in [-0.3, -0.25) is 4.79 Å². The number of nitrogens with one attached hydrogen (secondary N) is 2. The molecule has 9 heteroatoms. The van der Waals surface area contributed by atoms with Crippen LogP contribution >= 0.6 is 11.8 Å². The third-order valence-corrected chi connectivity index (χ3v) is 6.21. The van der Waals surface area contributed by atoms with Gasteiger partial charge in [0, 0.05) is 18.9 Å². The zero-order chi connectivity index (χ0) is 23.8. The van der Waals surface area contributed by atoms with Gasteiger partial charge in [0.1, 0.15) is 12.6 Å². The predicted molar refractivity (Wildman–Crippen MR) is 126 cm³/mol. The molecule has 3 rings (SSSR count). The molecule has 2 atom stereocenters. The van der Waals surface area contributed by atoms with Crippen LogP contribution in [0.3, 0.4) is 0 Å². The predicted octanol–water partition coefficient (Wildman–Crippen LogP) is 2.60. The number of carboxylic acid groups (broad SMARTS) is 1. The number of rotatable bonds is 11. The van der Waals surface area contributed by atoms with Crippen molar-refractivity contribution in [3.8, 4) is 11.1 Å². The van der Waals surface area contributed by atoms with Gasteiger partial charge in [0.05, 0.1) is 0 Å². The lowest BCUT2D eigenvalue weighted by Gasteiger charge is -2.20. The molecule has 1 aliphatic rings. The Hall–Kier alpha value is -3.04. The molecule has 0 unspecified atom stereocenters. The van der Waals surface area contributed by atoms with Gasteiger partial charge in [0.2, 0.25) is 5.91 Å². The van der Waals surface area contributed by atoms with Gasteiger partial charge < -0.3 is 25.6 Å². The molecule has 33 heavy (non-hydrogen) atoms. The number of amides is 2. The first kappa shape index (κ1) is 24.6. The van der Waals surface area contributed by atoms with Crippen molar-refractivity contribution in [3.63, 3.8) is 0 Å². The van der Waals surface area contributed by atoms with Crippen LogP contribution in [0.15, 0.2) is 48.5 Å². The van der Waals surface area contributed by atoms with E-state index >= 15 is 0 Å². The van der Waals surface area contributed by atoms with Crippen molar-refractivity contribution in [3.05, 3.63) is 59.7 Å². The minimum Gasteiger partial charge on any atom is -0.479 e. The third-order valence-electron chi connectivity index (χ3n) is 5.56. The smallest absolute Gasteiger partial charge is 0.407 e. The Balaban J connectivity index is 1.58. The molecule has 0 radical (unpaired) electrons. The Labute approximate surface area is 196 Å². The van der Waals surface area contributed by atoms with Crippen LogP contribution in [0, 0.1) is 0 Å². The number of benzene rings is 2. The summed E-state index contributed by atoms with van der Waals surface area (Å²) in [6, 6.07) is 15.2. The molecule has 2 aromatic rings. The SMILES string of the molecule is CSCC[C@@H](NC(=O)OCC1c2ccccc2-c2ccccc21)C(=O)NCC[C@H](O)C(=O)O. The van der Waals surface area contributed by atoms with Gasteiger partial charge in [-0.15, -0.1) is 0 Å². The van der Waals surface area contributed by atoms with Crippen molar-refractivity contribution in [2.45, 2.75) is 30.9 Å². The quantitative estimate of drug-likeness (QED) is 0.396. The molecule has 0 bridgehead atoms. The fourth-order valence-corrected chi connectivity index (χ4v) is 4.34. The van der Waals surface area contributed by atoms with E-state index in [0.717, 1.165) is 22.3 Å². The van der Waals surface area contributed by atoms with Crippen LogP contribution in [0.25, 0.3) is 11.1 Å². The van der Waals surface area contributed by atoms with Crippen LogP contribution in [0.1, 0.15) is 29.9 Å². The largest absolute Gasteiger partial charge is 0.479 e. The summed E-state index contributed by atoms with van der Waals surface area (Å²) in [5, 5.41) is 23.2. The summed E-state index contributed by atoms with van der Waals surface area (Å²) in [5.74, 6) is -1.24. The Morgan fingerprint density at radius 1 is 1.03 bits per heavy atom. The number of fused-ring (bicyclic) bond motifs is 3. The second-order valence-electron chi connectivity index (χ2n) is 7.74. The third kappa shape index (κ3) is 6.27. The normalized spacial score (nSPS) is 14.0. The molecule has 0 fully saturated rings. The average molecular weight is 473 g/mol. The van der Waals surface area contributed by atoms with Crippen LogP contribution in [-0.2, 0) is 14.3 Å². The molecular weight excluding hydrogens is 444 g/mol. The Morgan fingerprint density at radius 2 is 1.64 bits per heavy atom. The maximum absolute atomic E-state index is 12.5. The van der Waals surface area contributed by atoms with E-state index in [1.807, 2.05) is 42.7 Å². The van der Waals surface area contributed by atoms with E-state index in [-0.39, 0.29) is 25.5 Å². The van der Waals surface area contributed by atoms with Crippen LogP contribution < -0.4 is 10.6 Å². The lowest BCUT2D eigenvalue weighted by molar-refractivity contribution is -0.147. The highest BCUT2D eigenvalue weighted by Gasteiger charge is 2.29. The van der Waals surface area contributed by atoms with Crippen molar-refractivity contribution in [1.82, 2.24) is 10.6 Å². The van der Waals surface area contributed by atoms with Crippen LogP contribution in [0.5, 0.6) is 0 Å². The van der Waals surface area contributed by atoms with Gasteiger partial charge in [0.15, 0.2) is 6.10 Å². The van der Waals surface area contributed by atoms with Gasteiger partial charge in [-0.1, -0.05) is 48.5 Å². The number of carboxylic acids is 1. The van der Waals surface area contributed by atoms with Crippen molar-refractivity contribution >= 4 is 29.7 Å². The molecule has 1 aliphatic carbocycles. The monoisotopic (exact) mass is 472 g/mol. The number of thioether (sulfide) groups is 1. The second-order valence-corrected chi connectivity index (χ2v) is 8.72. The summed E-state index contributed by atoms with van der Waals surface area (Å²) in [5.41, 5.74) is 4.45. The molecule has 2 amide bonds. The van der Waals surface area contributed by atoms with E-state index in [2.05, 4.69) is 22.8 Å². The molecule has 0 saturated carbocycles. The highest BCUT2D eigenvalue weighted by atomic mass is 32.2. The van der Waals surface area contributed by atoms with Crippen molar-refractivity contribution in [2.75, 3.05) is 25.2 Å². The Morgan fingerprint density at radius 3 is 2.21 bits per heavy atom. The van der Waals surface area contributed by atoms with E-state index < -0.39 is 30.1 Å². The minimum absolute atomic E-state index is 0.0194. The number of aliphatic hydroxyl groups is 1. The molecule has 0 saturated heterocycles. The number of hydrogen-bond donors (Lipinski definition) is 4. The molecule has 0 spiro atoms. The number of ether oxygens (including phenoxy) is 1. The molecule has 0 aliphatic heterocycles.